The lowest BCUT2D eigenvalue weighted by molar-refractivity contribution is 0.100. The van der Waals surface area contributed by atoms with Crippen LogP contribution >= 0.6 is 22.9 Å². The van der Waals surface area contributed by atoms with Crippen molar-refractivity contribution in [2.45, 2.75) is 25.7 Å². The minimum Gasteiger partial charge on any atom is -0.365 e. The van der Waals surface area contributed by atoms with Gasteiger partial charge in [-0.1, -0.05) is 24.6 Å². The van der Waals surface area contributed by atoms with Crippen LogP contribution in [0.25, 0.3) is 10.4 Å². The van der Waals surface area contributed by atoms with Gasteiger partial charge in [-0.25, -0.2) is 4.79 Å². The summed E-state index contributed by atoms with van der Waals surface area (Å²) in [6, 6.07) is 5.06. The van der Waals surface area contributed by atoms with E-state index in [1.165, 1.54) is 16.9 Å². The molecule has 5 nitrogen and oxygen atoms in total. The molecule has 0 spiro atoms. The van der Waals surface area contributed by atoms with Gasteiger partial charge >= 0.3 is 6.03 Å². The van der Waals surface area contributed by atoms with E-state index in [1.807, 2.05) is 18.2 Å². The van der Waals surface area contributed by atoms with E-state index in [4.69, 9.17) is 23.1 Å². The summed E-state index contributed by atoms with van der Waals surface area (Å²) in [5, 5.41) is 3.54. The van der Waals surface area contributed by atoms with Crippen LogP contribution in [0, 0.1) is 0 Å². The standard InChI is InChI=1S/C16H16ClN3O2S/c1-7-2-4-10-12(14(18)21)15(20-16(19)22)23-13(10)11-6-8(17)3-5-9(7)11/h3,5-7H,2,4H2,1H3,(H2,18,21)(H3,19,20,22). The highest BCUT2D eigenvalue weighted by Crippen LogP contribution is 2.47. The lowest BCUT2D eigenvalue weighted by Gasteiger charge is -2.12. The van der Waals surface area contributed by atoms with E-state index >= 15 is 0 Å². The first kappa shape index (κ1) is 15.8. The second-order valence-corrected chi connectivity index (χ2v) is 7.10. The molecule has 23 heavy (non-hydrogen) atoms. The quantitative estimate of drug-likeness (QED) is 0.770. The fourth-order valence-corrected chi connectivity index (χ4v) is 4.52. The molecular weight excluding hydrogens is 334 g/mol. The number of nitrogens with one attached hydrogen (secondary N) is 1. The van der Waals surface area contributed by atoms with Gasteiger partial charge in [-0.2, -0.15) is 0 Å². The van der Waals surface area contributed by atoms with Gasteiger partial charge in [0.1, 0.15) is 5.00 Å². The predicted octanol–water partition coefficient (Wildman–Crippen LogP) is 3.71. The Kier molecular flexibility index (Phi) is 4.04. The number of hydrogen-bond acceptors (Lipinski definition) is 3. The number of halogens is 1. The maximum absolute atomic E-state index is 11.9. The smallest absolute Gasteiger partial charge is 0.317 e. The number of primary amides is 2. The lowest BCUT2D eigenvalue weighted by atomic mass is 9.94. The number of thiophene rings is 1. The van der Waals surface area contributed by atoms with Crippen LogP contribution in [0.15, 0.2) is 18.2 Å². The van der Waals surface area contributed by atoms with Crippen LogP contribution in [0.4, 0.5) is 9.80 Å². The van der Waals surface area contributed by atoms with Crippen LogP contribution in [-0.4, -0.2) is 11.9 Å². The summed E-state index contributed by atoms with van der Waals surface area (Å²) in [7, 11) is 0. The van der Waals surface area contributed by atoms with Crippen molar-refractivity contribution < 1.29 is 9.59 Å². The largest absolute Gasteiger partial charge is 0.365 e. The molecule has 3 rings (SSSR count). The van der Waals surface area contributed by atoms with E-state index in [1.54, 1.807) is 0 Å². The van der Waals surface area contributed by atoms with E-state index in [9.17, 15) is 9.59 Å². The highest BCUT2D eigenvalue weighted by atomic mass is 35.5. The van der Waals surface area contributed by atoms with Crippen molar-refractivity contribution in [1.82, 2.24) is 0 Å². The number of benzene rings is 1. The van der Waals surface area contributed by atoms with Gasteiger partial charge in [-0.15, -0.1) is 11.3 Å². The molecule has 7 heteroatoms. The molecule has 0 saturated heterocycles. The van der Waals surface area contributed by atoms with Crippen LogP contribution in [0.5, 0.6) is 0 Å². The van der Waals surface area contributed by atoms with Gasteiger partial charge in [0.05, 0.1) is 5.56 Å². The second-order valence-electron chi connectivity index (χ2n) is 5.64. The molecule has 1 aromatic carbocycles. The van der Waals surface area contributed by atoms with Gasteiger partial charge in [0.2, 0.25) is 0 Å². The molecule has 1 heterocycles. The Morgan fingerprint density at radius 3 is 2.74 bits per heavy atom. The molecule has 1 aliphatic rings. The molecule has 3 amide bonds. The third kappa shape index (κ3) is 2.80. The van der Waals surface area contributed by atoms with Crippen molar-refractivity contribution in [3.63, 3.8) is 0 Å². The summed E-state index contributed by atoms with van der Waals surface area (Å²) in [4.78, 5) is 24.1. The number of anilines is 1. The average molecular weight is 350 g/mol. The van der Waals surface area contributed by atoms with Crippen molar-refractivity contribution >= 4 is 39.9 Å². The van der Waals surface area contributed by atoms with Crippen LogP contribution in [0.3, 0.4) is 0 Å². The number of amides is 3. The normalized spacial score (nSPS) is 16.2. The number of fused-ring (bicyclic) bond motifs is 3. The molecule has 0 bridgehead atoms. The third-order valence-electron chi connectivity index (χ3n) is 4.11. The monoisotopic (exact) mass is 349 g/mol. The van der Waals surface area contributed by atoms with Crippen molar-refractivity contribution in [3.8, 4) is 10.4 Å². The number of hydrogen-bond donors (Lipinski definition) is 3. The molecular formula is C16H16ClN3O2S. The fraction of sp³-hybridized carbons (Fsp3) is 0.250. The van der Waals surface area contributed by atoms with Gasteiger partial charge in [0.15, 0.2) is 0 Å². The zero-order valence-corrected chi connectivity index (χ0v) is 14.1. The number of carbonyl (C=O) groups is 2. The first-order chi connectivity index (χ1) is 10.9. The number of urea groups is 1. The third-order valence-corrected chi connectivity index (χ3v) is 5.52. The Balaban J connectivity index is 2.28. The first-order valence-corrected chi connectivity index (χ1v) is 8.39. The zero-order valence-electron chi connectivity index (χ0n) is 12.5. The van der Waals surface area contributed by atoms with E-state index in [2.05, 4.69) is 12.2 Å². The van der Waals surface area contributed by atoms with Gasteiger partial charge in [0.25, 0.3) is 5.91 Å². The van der Waals surface area contributed by atoms with Gasteiger partial charge in [-0.05, 0) is 47.6 Å². The van der Waals surface area contributed by atoms with Crippen molar-refractivity contribution in [3.05, 3.63) is 39.9 Å². The van der Waals surface area contributed by atoms with Crippen molar-refractivity contribution in [2.24, 2.45) is 11.5 Å². The molecule has 5 N–H and O–H groups in total. The van der Waals surface area contributed by atoms with Crippen molar-refractivity contribution in [2.75, 3.05) is 5.32 Å². The second kappa shape index (κ2) is 5.86. The molecule has 120 valence electrons. The Bertz CT molecular complexity index is 816. The summed E-state index contributed by atoms with van der Waals surface area (Å²) in [5.41, 5.74) is 14.1. The number of rotatable bonds is 2. The van der Waals surface area contributed by atoms with E-state index in [0.717, 1.165) is 22.4 Å². The van der Waals surface area contributed by atoms with E-state index < -0.39 is 11.9 Å². The Labute approximate surface area is 142 Å². The SMILES string of the molecule is CC1CCc2c(sc(NC(N)=O)c2C(N)=O)-c2cc(Cl)ccc21. The summed E-state index contributed by atoms with van der Waals surface area (Å²) < 4.78 is 0. The Hall–Kier alpha value is -2.05. The first-order valence-electron chi connectivity index (χ1n) is 7.20. The fourth-order valence-electron chi connectivity index (χ4n) is 3.05. The molecule has 1 aromatic heterocycles. The van der Waals surface area contributed by atoms with Gasteiger partial charge in [0, 0.05) is 9.90 Å². The zero-order chi connectivity index (χ0) is 16.7. The van der Waals surface area contributed by atoms with Gasteiger partial charge in [-0.3, -0.25) is 10.1 Å². The van der Waals surface area contributed by atoms with Crippen LogP contribution in [0.1, 0.15) is 40.7 Å². The highest BCUT2D eigenvalue weighted by Gasteiger charge is 2.28. The topological polar surface area (TPSA) is 98.2 Å². The summed E-state index contributed by atoms with van der Waals surface area (Å²) in [5.74, 6) is -0.223. The lowest BCUT2D eigenvalue weighted by Crippen LogP contribution is -2.22. The van der Waals surface area contributed by atoms with Gasteiger partial charge < -0.3 is 11.5 Å². The minimum absolute atomic E-state index is 0.343. The number of carbonyl (C=O) groups excluding carboxylic acids is 2. The van der Waals surface area contributed by atoms with E-state index in [0.29, 0.717) is 27.9 Å². The Morgan fingerprint density at radius 1 is 1.35 bits per heavy atom. The van der Waals surface area contributed by atoms with Crippen LogP contribution in [0.2, 0.25) is 5.02 Å². The molecule has 0 saturated carbocycles. The molecule has 1 unspecified atom stereocenters. The molecule has 0 radical (unpaired) electrons. The van der Waals surface area contributed by atoms with Crippen LogP contribution < -0.4 is 16.8 Å². The molecule has 0 aliphatic heterocycles. The van der Waals surface area contributed by atoms with Crippen LogP contribution in [-0.2, 0) is 6.42 Å². The number of nitrogens with two attached hydrogens (primary N) is 2. The van der Waals surface area contributed by atoms with Crippen molar-refractivity contribution in [1.29, 1.82) is 0 Å². The molecule has 0 fully saturated rings. The predicted molar refractivity (Wildman–Crippen MR) is 93.2 cm³/mol. The molecule has 1 atom stereocenters. The summed E-state index contributed by atoms with van der Waals surface area (Å²) >= 11 is 7.47. The summed E-state index contributed by atoms with van der Waals surface area (Å²) in [6.45, 7) is 2.15. The average Bonchev–Trinajstić information content (AvgIpc) is 2.76. The minimum atomic E-state index is -0.719. The highest BCUT2D eigenvalue weighted by molar-refractivity contribution is 7.20. The molecule has 1 aliphatic carbocycles. The molecule has 2 aromatic rings. The summed E-state index contributed by atoms with van der Waals surface area (Å²) in [6.07, 6.45) is 1.59. The maximum atomic E-state index is 11.9. The van der Waals surface area contributed by atoms with E-state index in [-0.39, 0.29) is 0 Å². The maximum Gasteiger partial charge on any atom is 0.317 e. The Morgan fingerprint density at radius 2 is 2.09 bits per heavy atom.